The molecule has 1 amide bonds. The first-order valence-corrected chi connectivity index (χ1v) is 10.8. The van der Waals surface area contributed by atoms with Gasteiger partial charge < -0.3 is 14.6 Å². The minimum absolute atomic E-state index is 0.00908. The van der Waals surface area contributed by atoms with E-state index in [9.17, 15) is 9.59 Å². The number of rotatable bonds is 7. The predicted octanol–water partition coefficient (Wildman–Crippen LogP) is 3.25. The van der Waals surface area contributed by atoms with Crippen LogP contribution < -0.4 is 10.3 Å². The molecule has 1 N–H and O–H groups in total. The van der Waals surface area contributed by atoms with Gasteiger partial charge in [0.05, 0.1) is 11.9 Å². The van der Waals surface area contributed by atoms with Crippen molar-refractivity contribution in [2.45, 2.75) is 39.0 Å². The van der Waals surface area contributed by atoms with Gasteiger partial charge >= 0.3 is 0 Å². The Balaban J connectivity index is 1.32. The van der Waals surface area contributed by atoms with E-state index in [1.165, 1.54) is 10.4 Å². The number of hydrogen-bond donors (Lipinski definition) is 1. The number of carbonyl (C=O) groups excluding carboxylic acids is 1. The average Bonchev–Trinajstić information content (AvgIpc) is 3.28. The first-order chi connectivity index (χ1) is 14.0. The van der Waals surface area contributed by atoms with Gasteiger partial charge in [-0.3, -0.25) is 9.59 Å². The molecule has 1 aliphatic carbocycles. The van der Waals surface area contributed by atoms with Crippen LogP contribution in [-0.2, 0) is 24.1 Å². The quantitative estimate of drug-likeness (QED) is 0.648. The fourth-order valence-electron chi connectivity index (χ4n) is 3.72. The van der Waals surface area contributed by atoms with E-state index in [0.717, 1.165) is 40.8 Å². The fourth-order valence-corrected chi connectivity index (χ4v) is 5.00. The number of aryl methyl sites for hydroxylation is 4. The van der Waals surface area contributed by atoms with Crippen molar-refractivity contribution in [3.63, 3.8) is 0 Å². The second-order valence-corrected chi connectivity index (χ2v) is 8.56. The zero-order chi connectivity index (χ0) is 20.4. The van der Waals surface area contributed by atoms with Crippen molar-refractivity contribution in [2.24, 2.45) is 0 Å². The van der Waals surface area contributed by atoms with Crippen molar-refractivity contribution < 1.29 is 9.53 Å². The molecule has 2 heterocycles. The SMILES string of the molecule is Cc1ccccc1OCCN(C)C(=O)CCc1nc2sc3c(c2c(=O)[nH]1)CCC3. The van der Waals surface area contributed by atoms with Crippen molar-refractivity contribution in [1.82, 2.24) is 14.9 Å². The highest BCUT2D eigenvalue weighted by atomic mass is 32.1. The molecular weight excluding hydrogens is 386 g/mol. The number of nitrogens with zero attached hydrogens (tertiary/aromatic N) is 2. The number of thiophene rings is 1. The Labute approximate surface area is 173 Å². The molecule has 29 heavy (non-hydrogen) atoms. The Morgan fingerprint density at radius 1 is 1.31 bits per heavy atom. The third kappa shape index (κ3) is 4.19. The Bertz CT molecular complexity index is 1100. The topological polar surface area (TPSA) is 75.3 Å². The first-order valence-electron chi connectivity index (χ1n) is 9.99. The van der Waals surface area contributed by atoms with Crippen molar-refractivity contribution in [3.8, 4) is 5.75 Å². The Hall–Kier alpha value is -2.67. The standard InChI is InChI=1S/C22H25N3O3S/c1-14-6-3-4-8-16(14)28-13-12-25(2)19(26)11-10-18-23-21(27)20-15-7-5-9-17(15)29-22(20)24-18/h3-4,6,8H,5,7,9-13H2,1-2H3,(H,23,24,27). The van der Waals surface area contributed by atoms with Gasteiger partial charge in [-0.05, 0) is 43.4 Å². The second-order valence-electron chi connectivity index (χ2n) is 7.48. The highest BCUT2D eigenvalue weighted by molar-refractivity contribution is 7.18. The molecule has 152 valence electrons. The van der Waals surface area contributed by atoms with E-state index >= 15 is 0 Å². The highest BCUT2D eigenvalue weighted by Crippen LogP contribution is 2.34. The molecular formula is C22H25N3O3S. The largest absolute Gasteiger partial charge is 0.491 e. The van der Waals surface area contributed by atoms with Gasteiger partial charge in [-0.1, -0.05) is 18.2 Å². The van der Waals surface area contributed by atoms with Crippen LogP contribution in [0.5, 0.6) is 5.75 Å². The van der Waals surface area contributed by atoms with E-state index in [0.29, 0.717) is 31.8 Å². The summed E-state index contributed by atoms with van der Waals surface area (Å²) < 4.78 is 5.76. The van der Waals surface area contributed by atoms with Gasteiger partial charge in [-0.25, -0.2) is 4.98 Å². The maximum Gasteiger partial charge on any atom is 0.259 e. The molecule has 0 saturated carbocycles. The molecule has 1 aliphatic rings. The lowest BCUT2D eigenvalue weighted by molar-refractivity contribution is -0.130. The number of likely N-dealkylation sites (N-methyl/N-ethyl adjacent to an activating group) is 1. The number of para-hydroxylation sites is 1. The van der Waals surface area contributed by atoms with Crippen LogP contribution in [0.3, 0.4) is 0 Å². The van der Waals surface area contributed by atoms with Crippen LogP contribution in [0.2, 0.25) is 0 Å². The van der Waals surface area contributed by atoms with Crippen molar-refractivity contribution >= 4 is 27.5 Å². The predicted molar refractivity (Wildman–Crippen MR) is 115 cm³/mol. The zero-order valence-corrected chi connectivity index (χ0v) is 17.6. The van der Waals surface area contributed by atoms with Gasteiger partial charge in [0, 0.05) is 24.8 Å². The highest BCUT2D eigenvalue weighted by Gasteiger charge is 2.21. The summed E-state index contributed by atoms with van der Waals surface area (Å²) in [4.78, 5) is 36.2. The number of H-pyrrole nitrogens is 1. The van der Waals surface area contributed by atoms with Gasteiger partial charge in [0.15, 0.2) is 0 Å². The van der Waals surface area contributed by atoms with E-state index in [4.69, 9.17) is 4.74 Å². The maximum atomic E-state index is 12.5. The Morgan fingerprint density at radius 2 is 2.14 bits per heavy atom. The molecule has 0 fully saturated rings. The van der Waals surface area contributed by atoms with Crippen LogP contribution in [0.4, 0.5) is 0 Å². The second kappa shape index (κ2) is 8.37. The molecule has 4 rings (SSSR count). The number of aromatic nitrogens is 2. The molecule has 6 nitrogen and oxygen atoms in total. The van der Waals surface area contributed by atoms with Gasteiger partial charge in [0.25, 0.3) is 5.56 Å². The van der Waals surface area contributed by atoms with Crippen LogP contribution in [0.1, 0.15) is 34.7 Å². The van der Waals surface area contributed by atoms with Crippen LogP contribution >= 0.6 is 11.3 Å². The number of nitrogens with one attached hydrogen (secondary N) is 1. The summed E-state index contributed by atoms with van der Waals surface area (Å²) in [6.07, 6.45) is 3.86. The number of amides is 1. The van der Waals surface area contributed by atoms with Crippen LogP contribution in [0.15, 0.2) is 29.1 Å². The minimum atomic E-state index is -0.0724. The Morgan fingerprint density at radius 3 is 2.97 bits per heavy atom. The summed E-state index contributed by atoms with van der Waals surface area (Å²) >= 11 is 1.62. The smallest absolute Gasteiger partial charge is 0.259 e. The van der Waals surface area contributed by atoms with Crippen LogP contribution in [-0.4, -0.2) is 41.0 Å². The number of hydrogen-bond acceptors (Lipinski definition) is 5. The molecule has 3 aromatic rings. The molecule has 0 aliphatic heterocycles. The fraction of sp³-hybridized carbons (Fsp3) is 0.409. The molecule has 2 aromatic heterocycles. The summed E-state index contributed by atoms with van der Waals surface area (Å²) in [7, 11) is 1.77. The lowest BCUT2D eigenvalue weighted by atomic mass is 10.2. The molecule has 7 heteroatoms. The van der Waals surface area contributed by atoms with E-state index < -0.39 is 0 Å². The summed E-state index contributed by atoms with van der Waals surface area (Å²) in [5.74, 6) is 1.43. The molecule has 0 saturated heterocycles. The molecule has 0 radical (unpaired) electrons. The van der Waals surface area contributed by atoms with Crippen molar-refractivity contribution in [1.29, 1.82) is 0 Å². The van der Waals surface area contributed by atoms with Gasteiger partial charge in [-0.15, -0.1) is 11.3 Å². The van der Waals surface area contributed by atoms with E-state index in [2.05, 4.69) is 9.97 Å². The monoisotopic (exact) mass is 411 g/mol. The van der Waals surface area contributed by atoms with Crippen molar-refractivity contribution in [3.05, 3.63) is 56.4 Å². The number of carbonyl (C=O) groups is 1. The normalized spacial score (nSPS) is 12.9. The Kier molecular flexibility index (Phi) is 5.67. The lowest BCUT2D eigenvalue weighted by Crippen LogP contribution is -2.31. The van der Waals surface area contributed by atoms with E-state index in [-0.39, 0.29) is 11.5 Å². The molecule has 0 atom stereocenters. The number of aromatic amines is 1. The van der Waals surface area contributed by atoms with Crippen molar-refractivity contribution in [2.75, 3.05) is 20.2 Å². The summed E-state index contributed by atoms with van der Waals surface area (Å²) in [6, 6.07) is 7.83. The van der Waals surface area contributed by atoms with Gasteiger partial charge in [-0.2, -0.15) is 0 Å². The third-order valence-electron chi connectivity index (χ3n) is 5.40. The molecule has 0 unspecified atom stereocenters. The average molecular weight is 412 g/mol. The van der Waals surface area contributed by atoms with Crippen LogP contribution in [0.25, 0.3) is 10.2 Å². The summed E-state index contributed by atoms with van der Waals surface area (Å²) in [6.45, 7) is 2.94. The van der Waals surface area contributed by atoms with Gasteiger partial charge in [0.1, 0.15) is 23.0 Å². The van der Waals surface area contributed by atoms with E-state index in [1.54, 1.807) is 23.3 Å². The third-order valence-corrected chi connectivity index (χ3v) is 6.59. The van der Waals surface area contributed by atoms with Crippen LogP contribution in [0, 0.1) is 6.92 Å². The molecule has 1 aromatic carbocycles. The molecule has 0 spiro atoms. The minimum Gasteiger partial charge on any atom is -0.491 e. The number of benzene rings is 1. The maximum absolute atomic E-state index is 12.5. The lowest BCUT2D eigenvalue weighted by Gasteiger charge is -2.18. The summed E-state index contributed by atoms with van der Waals surface area (Å²) in [5, 5.41) is 0.753. The molecule has 0 bridgehead atoms. The van der Waals surface area contributed by atoms with Gasteiger partial charge in [0.2, 0.25) is 5.91 Å². The number of fused-ring (bicyclic) bond motifs is 3. The van der Waals surface area contributed by atoms with E-state index in [1.807, 2.05) is 31.2 Å². The first kappa shape index (κ1) is 19.6. The zero-order valence-electron chi connectivity index (χ0n) is 16.8. The summed E-state index contributed by atoms with van der Waals surface area (Å²) in [5.41, 5.74) is 2.18. The number of ether oxygens (including phenoxy) is 1.